The minimum Gasteiger partial charge on any atom is -0.312 e. The Morgan fingerprint density at radius 1 is 0.839 bits per heavy atom. The van der Waals surface area contributed by atoms with E-state index in [-0.39, 0.29) is 53.6 Å². The third kappa shape index (κ3) is 2.62. The second-order valence-corrected chi connectivity index (χ2v) is 11.0. The number of aryl methyl sites for hydroxylation is 1. The minimum absolute atomic E-state index is 0.100. The molecule has 9 heteroatoms. The summed E-state index contributed by atoms with van der Waals surface area (Å²) in [5.74, 6) is -0.804. The van der Waals surface area contributed by atoms with Gasteiger partial charge in [0.25, 0.3) is 0 Å². The van der Waals surface area contributed by atoms with E-state index in [1.165, 1.54) is 9.21 Å². The topological polar surface area (TPSA) is 95.1 Å². The highest BCUT2D eigenvalue weighted by Crippen LogP contribution is 2.41. The number of hydrogen-bond donors (Lipinski definition) is 0. The number of likely N-dealkylation sites (tertiary alicyclic amines) is 1. The first-order chi connectivity index (χ1) is 14.9. The normalized spacial score (nSPS) is 28.2. The number of benzene rings is 1. The molecule has 0 aromatic heterocycles. The summed E-state index contributed by atoms with van der Waals surface area (Å²) < 4.78 is 27.9. The van der Waals surface area contributed by atoms with Crippen molar-refractivity contribution in [2.75, 3.05) is 24.5 Å². The van der Waals surface area contributed by atoms with E-state index in [2.05, 4.69) is 0 Å². The molecule has 162 valence electrons. The lowest BCUT2D eigenvalue weighted by Crippen LogP contribution is -2.62. The molecule has 1 aromatic rings. The molecule has 6 rings (SSSR count). The fourth-order valence-electron chi connectivity index (χ4n) is 5.69. The number of hydrogen-bond acceptors (Lipinski definition) is 5. The van der Waals surface area contributed by atoms with E-state index in [0.29, 0.717) is 38.6 Å². The fourth-order valence-corrected chi connectivity index (χ4v) is 7.30. The number of fused-ring (bicyclic) bond motifs is 1. The predicted molar refractivity (Wildman–Crippen MR) is 111 cm³/mol. The monoisotopic (exact) mass is 441 g/mol. The van der Waals surface area contributed by atoms with Gasteiger partial charge in [-0.3, -0.25) is 19.3 Å². The maximum atomic E-state index is 13.3. The predicted octanol–water partition coefficient (Wildman–Crippen LogP) is 0.846. The van der Waals surface area contributed by atoms with Crippen molar-refractivity contribution >= 4 is 33.4 Å². The molecule has 0 N–H and O–H groups in total. The Labute approximate surface area is 180 Å². The maximum absolute atomic E-state index is 13.3. The van der Waals surface area contributed by atoms with E-state index >= 15 is 0 Å². The quantitative estimate of drug-likeness (QED) is 0.512. The van der Waals surface area contributed by atoms with Crippen LogP contribution >= 0.6 is 0 Å². The lowest BCUT2D eigenvalue weighted by atomic mass is 9.85. The van der Waals surface area contributed by atoms with E-state index in [4.69, 9.17) is 0 Å². The third-order valence-corrected chi connectivity index (χ3v) is 9.21. The van der Waals surface area contributed by atoms with Gasteiger partial charge in [0.2, 0.25) is 27.7 Å². The second-order valence-electron chi connectivity index (χ2n) is 9.06. The van der Waals surface area contributed by atoms with Crippen molar-refractivity contribution in [2.24, 2.45) is 11.8 Å². The number of allylic oxidation sites excluding steroid dienone is 2. The summed E-state index contributed by atoms with van der Waals surface area (Å²) in [6.45, 7) is 0.889. The highest BCUT2D eigenvalue weighted by molar-refractivity contribution is 7.89. The van der Waals surface area contributed by atoms with Crippen LogP contribution in [0.15, 0.2) is 29.2 Å². The van der Waals surface area contributed by atoms with Crippen LogP contribution in [0.4, 0.5) is 5.69 Å². The Kier molecular flexibility index (Phi) is 4.02. The van der Waals surface area contributed by atoms with Crippen LogP contribution in [0.2, 0.25) is 0 Å². The Bertz CT molecular complexity index is 1140. The van der Waals surface area contributed by atoms with Crippen LogP contribution in [-0.2, 0) is 37.2 Å². The SMILES string of the molecule is O=C1CCc2cc(S(=O)(=O)N3CC(N4C(=O)C5CC=CCC5C4=O)C3)cc3c2N1CC3. The van der Waals surface area contributed by atoms with Crippen LogP contribution in [-0.4, -0.2) is 61.0 Å². The van der Waals surface area contributed by atoms with Crippen molar-refractivity contribution in [3.8, 4) is 0 Å². The molecule has 2 unspecified atom stereocenters. The van der Waals surface area contributed by atoms with Crippen LogP contribution in [0.3, 0.4) is 0 Å². The van der Waals surface area contributed by atoms with Gasteiger partial charge < -0.3 is 4.90 Å². The number of rotatable bonds is 3. The van der Waals surface area contributed by atoms with Crippen molar-refractivity contribution in [3.05, 3.63) is 35.4 Å². The van der Waals surface area contributed by atoms with Crippen molar-refractivity contribution < 1.29 is 22.8 Å². The van der Waals surface area contributed by atoms with Crippen LogP contribution < -0.4 is 4.90 Å². The maximum Gasteiger partial charge on any atom is 0.243 e. The number of imide groups is 1. The Balaban J connectivity index is 1.23. The largest absolute Gasteiger partial charge is 0.312 e. The van der Waals surface area contributed by atoms with E-state index < -0.39 is 10.0 Å². The first kappa shape index (κ1) is 19.2. The van der Waals surface area contributed by atoms with Gasteiger partial charge in [0.15, 0.2) is 0 Å². The summed E-state index contributed by atoms with van der Waals surface area (Å²) in [5, 5.41) is 0. The number of carbonyl (C=O) groups excluding carboxylic acids is 3. The van der Waals surface area contributed by atoms with Crippen molar-refractivity contribution in [1.82, 2.24) is 9.21 Å². The lowest BCUT2D eigenvalue weighted by molar-refractivity contribution is -0.145. The van der Waals surface area contributed by atoms with Gasteiger partial charge >= 0.3 is 0 Å². The van der Waals surface area contributed by atoms with Crippen LogP contribution in [0.1, 0.15) is 30.4 Å². The standard InChI is InChI=1S/C22H23N3O5S/c26-19-6-5-13-9-16(10-14-7-8-24(19)20(13)14)31(29,30)23-11-15(12-23)25-21(27)17-3-1-2-4-18(17)22(25)28/h1-2,9-10,15,17-18H,3-8,11-12H2. The Hall–Kier alpha value is -2.52. The second kappa shape index (κ2) is 6.49. The third-order valence-electron chi connectivity index (χ3n) is 7.40. The van der Waals surface area contributed by atoms with Gasteiger partial charge in [-0.1, -0.05) is 12.2 Å². The highest BCUT2D eigenvalue weighted by Gasteiger charge is 2.53. The minimum atomic E-state index is -3.72. The fraction of sp³-hybridized carbons (Fsp3) is 0.500. The van der Waals surface area contributed by atoms with Gasteiger partial charge in [-0.15, -0.1) is 0 Å². The molecule has 2 atom stereocenters. The highest BCUT2D eigenvalue weighted by atomic mass is 32.2. The van der Waals surface area contributed by atoms with Gasteiger partial charge in [-0.2, -0.15) is 4.31 Å². The molecule has 8 nitrogen and oxygen atoms in total. The summed E-state index contributed by atoms with van der Waals surface area (Å²) in [5.41, 5.74) is 2.70. The van der Waals surface area contributed by atoms with Crippen molar-refractivity contribution in [3.63, 3.8) is 0 Å². The smallest absolute Gasteiger partial charge is 0.243 e. The van der Waals surface area contributed by atoms with E-state index in [1.807, 2.05) is 12.2 Å². The summed E-state index contributed by atoms with van der Waals surface area (Å²) in [6, 6.07) is 2.99. The molecule has 3 amide bonds. The summed E-state index contributed by atoms with van der Waals surface area (Å²) in [7, 11) is -3.72. The average Bonchev–Trinajstić information content (AvgIpc) is 3.26. The molecule has 0 bridgehead atoms. The van der Waals surface area contributed by atoms with E-state index in [9.17, 15) is 22.8 Å². The van der Waals surface area contributed by atoms with Gasteiger partial charge in [0, 0.05) is 26.1 Å². The average molecular weight is 442 g/mol. The van der Waals surface area contributed by atoms with Crippen molar-refractivity contribution in [2.45, 2.75) is 43.0 Å². The number of nitrogens with zero attached hydrogens (tertiary/aromatic N) is 3. The Morgan fingerprint density at radius 2 is 1.45 bits per heavy atom. The molecule has 31 heavy (non-hydrogen) atoms. The molecule has 2 saturated heterocycles. The van der Waals surface area contributed by atoms with Gasteiger partial charge in [0.05, 0.1) is 28.5 Å². The molecular weight excluding hydrogens is 418 g/mol. The number of anilines is 1. The number of carbonyl (C=O) groups is 3. The zero-order valence-corrected chi connectivity index (χ0v) is 17.8. The van der Waals surface area contributed by atoms with Crippen molar-refractivity contribution in [1.29, 1.82) is 0 Å². The van der Waals surface area contributed by atoms with Gasteiger partial charge in [-0.05, 0) is 48.9 Å². The summed E-state index contributed by atoms with van der Waals surface area (Å²) in [6.07, 6.45) is 6.67. The zero-order chi connectivity index (χ0) is 21.5. The first-order valence-electron chi connectivity index (χ1n) is 10.8. The molecule has 1 aromatic carbocycles. The molecule has 4 heterocycles. The van der Waals surface area contributed by atoms with Gasteiger partial charge in [0.1, 0.15) is 0 Å². The molecule has 2 fully saturated rings. The van der Waals surface area contributed by atoms with E-state index in [1.54, 1.807) is 17.0 Å². The summed E-state index contributed by atoms with van der Waals surface area (Å²) in [4.78, 5) is 41.0. The number of sulfonamides is 1. The molecular formula is C22H23N3O5S. The molecule has 5 aliphatic rings. The lowest BCUT2D eigenvalue weighted by Gasteiger charge is -2.42. The number of amides is 3. The molecule has 0 saturated carbocycles. The van der Waals surface area contributed by atoms with Crippen LogP contribution in [0.25, 0.3) is 0 Å². The molecule has 1 aliphatic carbocycles. The molecule has 4 aliphatic heterocycles. The molecule has 0 radical (unpaired) electrons. The Morgan fingerprint density at radius 3 is 2.10 bits per heavy atom. The summed E-state index contributed by atoms with van der Waals surface area (Å²) >= 11 is 0. The van der Waals surface area contributed by atoms with E-state index in [0.717, 1.165) is 16.8 Å². The first-order valence-corrected chi connectivity index (χ1v) is 12.3. The van der Waals surface area contributed by atoms with Crippen LogP contribution in [0.5, 0.6) is 0 Å². The zero-order valence-electron chi connectivity index (χ0n) is 17.0. The van der Waals surface area contributed by atoms with Gasteiger partial charge in [-0.25, -0.2) is 8.42 Å². The van der Waals surface area contributed by atoms with Crippen LogP contribution in [0, 0.1) is 11.8 Å². The molecule has 0 spiro atoms.